The summed E-state index contributed by atoms with van der Waals surface area (Å²) in [6, 6.07) is 11.0. The molecule has 1 N–H and O–H groups in total. The number of hydrogen-bond donors (Lipinski definition) is 1. The third kappa shape index (κ3) is 5.50. The topological polar surface area (TPSA) is 120 Å². The fourth-order valence-electron chi connectivity index (χ4n) is 3.91. The second-order valence-electron chi connectivity index (χ2n) is 8.01. The minimum Gasteiger partial charge on any atom is -0.491 e. The molecule has 0 spiro atoms. The third-order valence-corrected chi connectivity index (χ3v) is 5.68. The van der Waals surface area contributed by atoms with Crippen LogP contribution in [-0.2, 0) is 25.7 Å². The van der Waals surface area contributed by atoms with Crippen LogP contribution in [0.5, 0.6) is 11.5 Å². The van der Waals surface area contributed by atoms with Crippen molar-refractivity contribution >= 4 is 23.6 Å². The molecule has 0 aliphatic carbocycles. The molecule has 1 fully saturated rings. The molecule has 1 atom stereocenters. The van der Waals surface area contributed by atoms with E-state index < -0.39 is 29.7 Å². The van der Waals surface area contributed by atoms with Gasteiger partial charge in [-0.15, -0.1) is 0 Å². The van der Waals surface area contributed by atoms with Gasteiger partial charge in [0.1, 0.15) is 30.8 Å². The van der Waals surface area contributed by atoms with Crippen molar-refractivity contribution in [1.29, 1.82) is 0 Å². The van der Waals surface area contributed by atoms with E-state index in [1.807, 2.05) is 24.3 Å². The van der Waals surface area contributed by atoms with Crippen molar-refractivity contribution in [2.45, 2.75) is 25.5 Å². The molecule has 184 valence electrons. The summed E-state index contributed by atoms with van der Waals surface area (Å²) in [5.41, 5.74) is 1.13. The number of carbonyl (C=O) groups excluding carboxylic acids is 4. The maximum Gasteiger partial charge on any atom is 0.266 e. The first-order chi connectivity index (χ1) is 17.0. The molecule has 0 saturated carbocycles. The largest absolute Gasteiger partial charge is 0.491 e. The normalized spacial score (nSPS) is 17.4. The van der Waals surface area contributed by atoms with Gasteiger partial charge in [0.25, 0.3) is 11.8 Å². The summed E-state index contributed by atoms with van der Waals surface area (Å²) >= 11 is 0. The molecule has 2 aliphatic heterocycles. The van der Waals surface area contributed by atoms with Crippen molar-refractivity contribution in [2.75, 3.05) is 33.5 Å². The fourth-order valence-corrected chi connectivity index (χ4v) is 3.91. The smallest absolute Gasteiger partial charge is 0.266 e. The van der Waals surface area contributed by atoms with E-state index >= 15 is 0 Å². The summed E-state index contributed by atoms with van der Waals surface area (Å²) in [5, 5.41) is 2.19. The van der Waals surface area contributed by atoms with Crippen LogP contribution in [0.1, 0.15) is 39.1 Å². The van der Waals surface area contributed by atoms with E-state index in [2.05, 4.69) is 5.32 Å². The van der Waals surface area contributed by atoms with Gasteiger partial charge in [-0.25, -0.2) is 0 Å². The van der Waals surface area contributed by atoms with E-state index in [0.717, 1.165) is 10.5 Å². The molecule has 1 saturated heterocycles. The van der Waals surface area contributed by atoms with E-state index in [9.17, 15) is 19.2 Å². The maximum atomic E-state index is 13.1. The Morgan fingerprint density at radius 2 is 1.69 bits per heavy atom. The average molecular weight is 482 g/mol. The number of rotatable bonds is 11. The highest BCUT2D eigenvalue weighted by Gasteiger charge is 2.45. The minimum absolute atomic E-state index is 0.0632. The summed E-state index contributed by atoms with van der Waals surface area (Å²) < 4.78 is 21.8. The first-order valence-electron chi connectivity index (χ1n) is 11.3. The molecule has 2 heterocycles. The van der Waals surface area contributed by atoms with Crippen LogP contribution in [0.2, 0.25) is 0 Å². The van der Waals surface area contributed by atoms with Crippen LogP contribution >= 0.6 is 0 Å². The number of hydrogen-bond acceptors (Lipinski definition) is 8. The number of amides is 4. The summed E-state index contributed by atoms with van der Waals surface area (Å²) in [5.74, 6) is -1.31. The van der Waals surface area contributed by atoms with Gasteiger partial charge < -0.3 is 18.9 Å². The van der Waals surface area contributed by atoms with E-state index in [0.29, 0.717) is 32.2 Å². The van der Waals surface area contributed by atoms with Crippen molar-refractivity contribution in [1.82, 2.24) is 10.2 Å². The van der Waals surface area contributed by atoms with Gasteiger partial charge in [0.2, 0.25) is 11.8 Å². The van der Waals surface area contributed by atoms with Crippen LogP contribution in [-0.4, -0.2) is 68.1 Å². The molecule has 4 amide bonds. The summed E-state index contributed by atoms with van der Waals surface area (Å²) in [7, 11) is 1.61. The molecule has 0 bridgehead atoms. The number of carbonyl (C=O) groups is 4. The Hall–Kier alpha value is -3.76. The molecule has 10 heteroatoms. The lowest BCUT2D eigenvalue weighted by Gasteiger charge is -2.27. The highest BCUT2D eigenvalue weighted by molar-refractivity contribution is 6.24. The lowest BCUT2D eigenvalue weighted by atomic mass is 10.0. The number of nitrogens with one attached hydrogen (secondary N) is 1. The molecule has 2 aliphatic rings. The van der Waals surface area contributed by atoms with Crippen molar-refractivity contribution < 1.29 is 38.1 Å². The number of benzene rings is 2. The van der Waals surface area contributed by atoms with Crippen LogP contribution in [0.15, 0.2) is 42.5 Å². The molecule has 10 nitrogen and oxygen atoms in total. The molecular formula is C25H26N2O8. The van der Waals surface area contributed by atoms with Gasteiger partial charge in [-0.2, -0.15) is 0 Å². The average Bonchev–Trinajstić information content (AvgIpc) is 3.11. The second kappa shape index (κ2) is 11.1. The quantitative estimate of drug-likeness (QED) is 0.380. The molecule has 2 aromatic rings. The highest BCUT2D eigenvalue weighted by Crippen LogP contribution is 2.34. The number of ether oxygens (including phenoxy) is 4. The van der Waals surface area contributed by atoms with E-state index in [-0.39, 0.29) is 36.3 Å². The van der Waals surface area contributed by atoms with Gasteiger partial charge in [0, 0.05) is 13.5 Å². The van der Waals surface area contributed by atoms with Gasteiger partial charge in [0.15, 0.2) is 0 Å². The van der Waals surface area contributed by atoms with Crippen LogP contribution in [0, 0.1) is 0 Å². The summed E-state index contributed by atoms with van der Waals surface area (Å²) in [4.78, 5) is 50.7. The van der Waals surface area contributed by atoms with Gasteiger partial charge in [-0.05, 0) is 36.2 Å². The lowest BCUT2D eigenvalue weighted by molar-refractivity contribution is -0.136. The van der Waals surface area contributed by atoms with Gasteiger partial charge in [-0.1, -0.05) is 18.2 Å². The zero-order chi connectivity index (χ0) is 24.8. The molecule has 35 heavy (non-hydrogen) atoms. The van der Waals surface area contributed by atoms with Gasteiger partial charge in [0.05, 0.1) is 30.9 Å². The SMILES string of the molecule is COCCOCCOc1ccc(COc2cccc3c2C(=O)N(C2CCC(=O)NC2=O)C3=O)cc1. The van der Waals surface area contributed by atoms with E-state index in [4.69, 9.17) is 18.9 Å². The minimum atomic E-state index is -1.02. The van der Waals surface area contributed by atoms with Gasteiger partial charge >= 0.3 is 0 Å². The van der Waals surface area contributed by atoms with E-state index in [1.165, 1.54) is 6.07 Å². The van der Waals surface area contributed by atoms with E-state index in [1.54, 1.807) is 19.2 Å². The van der Waals surface area contributed by atoms with Crippen LogP contribution in [0.3, 0.4) is 0 Å². The van der Waals surface area contributed by atoms with Crippen molar-refractivity contribution in [3.8, 4) is 11.5 Å². The first kappa shape index (κ1) is 24.4. The van der Waals surface area contributed by atoms with Crippen LogP contribution < -0.4 is 14.8 Å². The zero-order valence-corrected chi connectivity index (χ0v) is 19.3. The Morgan fingerprint density at radius 1 is 0.914 bits per heavy atom. The number of nitrogens with zero attached hydrogens (tertiary/aromatic N) is 1. The first-order valence-corrected chi connectivity index (χ1v) is 11.3. The lowest BCUT2D eigenvalue weighted by Crippen LogP contribution is -2.54. The molecule has 0 radical (unpaired) electrons. The van der Waals surface area contributed by atoms with Crippen LogP contribution in [0.25, 0.3) is 0 Å². The predicted molar refractivity (Wildman–Crippen MR) is 122 cm³/mol. The third-order valence-electron chi connectivity index (χ3n) is 5.68. The second-order valence-corrected chi connectivity index (χ2v) is 8.01. The van der Waals surface area contributed by atoms with Crippen LogP contribution in [0.4, 0.5) is 0 Å². The Kier molecular flexibility index (Phi) is 7.74. The Labute approximate surface area is 202 Å². The number of fused-ring (bicyclic) bond motifs is 1. The molecule has 0 aromatic heterocycles. The van der Waals surface area contributed by atoms with Gasteiger partial charge in [-0.3, -0.25) is 29.4 Å². The number of piperidine rings is 1. The predicted octanol–water partition coefficient (Wildman–Crippen LogP) is 1.71. The Bertz CT molecular complexity index is 1110. The molecule has 4 rings (SSSR count). The Morgan fingerprint density at radius 3 is 2.43 bits per heavy atom. The van der Waals surface area contributed by atoms with Crippen molar-refractivity contribution in [2.24, 2.45) is 0 Å². The monoisotopic (exact) mass is 482 g/mol. The van der Waals surface area contributed by atoms with Crippen molar-refractivity contribution in [3.05, 3.63) is 59.2 Å². The maximum absolute atomic E-state index is 13.1. The number of imide groups is 2. The standard InChI is InChI=1S/C25H26N2O8/c1-32-11-12-33-13-14-34-17-7-5-16(6-8-17)15-35-20-4-2-3-18-22(20)25(31)27(24(18)30)19-9-10-21(28)26-23(19)29/h2-8,19H,9-15H2,1H3,(H,26,28,29). The zero-order valence-electron chi connectivity index (χ0n) is 19.3. The molecule has 2 aromatic carbocycles. The summed E-state index contributed by atoms with van der Waals surface area (Å²) in [6.45, 7) is 2.08. The highest BCUT2D eigenvalue weighted by atomic mass is 16.5. The number of methoxy groups -OCH3 is 1. The Balaban J connectivity index is 1.37. The van der Waals surface area contributed by atoms with Crippen molar-refractivity contribution in [3.63, 3.8) is 0 Å². The fraction of sp³-hybridized carbons (Fsp3) is 0.360. The molecule has 1 unspecified atom stereocenters. The summed E-state index contributed by atoms with van der Waals surface area (Å²) in [6.07, 6.45) is 0.160. The molecular weight excluding hydrogens is 456 g/mol.